The number of ether oxygens (including phenoxy) is 1. The topological polar surface area (TPSA) is 68.5 Å². The Kier molecular flexibility index (Phi) is 4.87. The van der Waals surface area contributed by atoms with Gasteiger partial charge >= 0.3 is 0 Å². The Hall–Kier alpha value is -2.31. The predicted octanol–water partition coefficient (Wildman–Crippen LogP) is 3.70. The van der Waals surface area contributed by atoms with Crippen molar-refractivity contribution >= 4 is 20.8 Å². The molecule has 5 nitrogen and oxygen atoms in total. The minimum absolute atomic E-state index is 0.122. The van der Waals surface area contributed by atoms with E-state index in [-0.39, 0.29) is 11.4 Å². The van der Waals surface area contributed by atoms with Gasteiger partial charge in [-0.3, -0.25) is 0 Å². The van der Waals surface area contributed by atoms with Crippen LogP contribution in [0.3, 0.4) is 0 Å². The number of sulfonamides is 1. The van der Waals surface area contributed by atoms with Crippen LogP contribution >= 0.6 is 0 Å². The van der Waals surface area contributed by atoms with Crippen molar-refractivity contribution in [1.29, 1.82) is 0 Å². The first-order valence-electron chi connectivity index (χ1n) is 7.77. The van der Waals surface area contributed by atoms with Gasteiger partial charge in [-0.25, -0.2) is 13.1 Å². The first kappa shape index (κ1) is 16.5. The lowest BCUT2D eigenvalue weighted by Crippen LogP contribution is -2.22. The maximum atomic E-state index is 12.4. The first-order valence-corrected chi connectivity index (χ1v) is 9.25. The zero-order valence-corrected chi connectivity index (χ0v) is 14.2. The van der Waals surface area contributed by atoms with Crippen LogP contribution in [0.25, 0.3) is 10.8 Å². The highest BCUT2D eigenvalue weighted by molar-refractivity contribution is 7.89. The maximum absolute atomic E-state index is 12.4. The van der Waals surface area contributed by atoms with Gasteiger partial charge in [0, 0.05) is 0 Å². The van der Waals surface area contributed by atoms with E-state index in [1.807, 2.05) is 25.1 Å². The molecule has 0 aliphatic rings. The number of fused-ring (bicyclic) bond motifs is 1. The highest BCUT2D eigenvalue weighted by Crippen LogP contribution is 2.24. The van der Waals surface area contributed by atoms with E-state index in [1.54, 1.807) is 30.3 Å². The monoisotopic (exact) mass is 345 g/mol. The lowest BCUT2D eigenvalue weighted by Gasteiger charge is -2.09. The van der Waals surface area contributed by atoms with E-state index in [9.17, 15) is 8.42 Å². The Labute approximate surface area is 141 Å². The number of furan rings is 1. The van der Waals surface area contributed by atoms with E-state index in [1.165, 1.54) is 6.26 Å². The summed E-state index contributed by atoms with van der Waals surface area (Å²) in [5.74, 6) is 1.35. The molecule has 0 spiro atoms. The Balaban J connectivity index is 1.81. The van der Waals surface area contributed by atoms with Crippen LogP contribution in [0.2, 0.25) is 0 Å². The van der Waals surface area contributed by atoms with Crippen LogP contribution in [0, 0.1) is 0 Å². The molecule has 0 fully saturated rings. The Morgan fingerprint density at radius 1 is 1.08 bits per heavy atom. The van der Waals surface area contributed by atoms with Gasteiger partial charge in [0.15, 0.2) is 0 Å². The summed E-state index contributed by atoms with van der Waals surface area (Å²) < 4.78 is 38.1. The smallest absolute Gasteiger partial charge is 0.240 e. The number of nitrogens with one attached hydrogen (secondary N) is 1. The van der Waals surface area contributed by atoms with E-state index in [0.29, 0.717) is 12.4 Å². The van der Waals surface area contributed by atoms with Gasteiger partial charge in [-0.15, -0.1) is 0 Å². The molecule has 6 heteroatoms. The second-order valence-electron chi connectivity index (χ2n) is 5.42. The molecular formula is C18H19NO4S. The van der Waals surface area contributed by atoms with Gasteiger partial charge in [-0.05, 0) is 53.6 Å². The van der Waals surface area contributed by atoms with Crippen molar-refractivity contribution in [1.82, 2.24) is 4.72 Å². The third kappa shape index (κ3) is 3.77. The lowest BCUT2D eigenvalue weighted by molar-refractivity contribution is 0.318. The summed E-state index contributed by atoms with van der Waals surface area (Å²) >= 11 is 0. The molecule has 1 aromatic heterocycles. The van der Waals surface area contributed by atoms with Gasteiger partial charge < -0.3 is 9.15 Å². The predicted molar refractivity (Wildman–Crippen MR) is 92.5 cm³/mol. The fraction of sp³-hybridized carbons (Fsp3) is 0.222. The molecular weight excluding hydrogens is 326 g/mol. The van der Waals surface area contributed by atoms with Crippen LogP contribution in [-0.2, 0) is 16.6 Å². The van der Waals surface area contributed by atoms with Crippen LogP contribution in [-0.4, -0.2) is 15.0 Å². The van der Waals surface area contributed by atoms with E-state index >= 15 is 0 Å². The highest BCUT2D eigenvalue weighted by atomic mass is 32.2. The van der Waals surface area contributed by atoms with Gasteiger partial charge in [0.25, 0.3) is 0 Å². The Morgan fingerprint density at radius 2 is 1.88 bits per heavy atom. The number of rotatable bonds is 7. The van der Waals surface area contributed by atoms with E-state index in [4.69, 9.17) is 9.15 Å². The molecule has 1 heterocycles. The van der Waals surface area contributed by atoms with Gasteiger partial charge in [-0.2, -0.15) is 0 Å². The molecule has 0 aliphatic carbocycles. The van der Waals surface area contributed by atoms with Crippen LogP contribution < -0.4 is 9.46 Å². The fourth-order valence-electron chi connectivity index (χ4n) is 2.34. The zero-order chi connectivity index (χ0) is 17.0. The summed E-state index contributed by atoms with van der Waals surface area (Å²) in [4.78, 5) is 0.226. The Morgan fingerprint density at radius 3 is 2.62 bits per heavy atom. The molecule has 0 atom stereocenters. The lowest BCUT2D eigenvalue weighted by atomic mass is 10.1. The fourth-order valence-corrected chi connectivity index (χ4v) is 3.37. The minimum atomic E-state index is -3.59. The summed E-state index contributed by atoms with van der Waals surface area (Å²) in [5.41, 5.74) is 0. The van der Waals surface area contributed by atoms with Crippen molar-refractivity contribution in [2.45, 2.75) is 24.8 Å². The van der Waals surface area contributed by atoms with Crippen molar-refractivity contribution in [3.63, 3.8) is 0 Å². The Bertz CT molecular complexity index is 917. The summed E-state index contributed by atoms with van der Waals surface area (Å²) in [7, 11) is -3.59. The summed E-state index contributed by atoms with van der Waals surface area (Å²) in [6, 6.07) is 14.1. The van der Waals surface area contributed by atoms with Gasteiger partial charge in [0.05, 0.1) is 24.3 Å². The van der Waals surface area contributed by atoms with Crippen molar-refractivity contribution in [2.75, 3.05) is 6.61 Å². The average Bonchev–Trinajstić information content (AvgIpc) is 3.11. The molecule has 1 N–H and O–H groups in total. The van der Waals surface area contributed by atoms with Crippen molar-refractivity contribution in [2.24, 2.45) is 0 Å². The summed E-state index contributed by atoms with van der Waals surface area (Å²) in [6.07, 6.45) is 2.45. The van der Waals surface area contributed by atoms with Crippen LogP contribution in [0.4, 0.5) is 0 Å². The summed E-state index contributed by atoms with van der Waals surface area (Å²) in [6.45, 7) is 2.83. The van der Waals surface area contributed by atoms with Gasteiger partial charge in [0.2, 0.25) is 10.0 Å². The molecule has 0 saturated heterocycles. The molecule has 3 rings (SSSR count). The van der Waals surface area contributed by atoms with Gasteiger partial charge in [0.1, 0.15) is 11.5 Å². The molecule has 0 saturated carbocycles. The highest BCUT2D eigenvalue weighted by Gasteiger charge is 2.15. The van der Waals surface area contributed by atoms with Crippen LogP contribution in [0.15, 0.2) is 64.1 Å². The zero-order valence-electron chi connectivity index (χ0n) is 13.4. The quantitative estimate of drug-likeness (QED) is 0.709. The number of hydrogen-bond donors (Lipinski definition) is 1. The van der Waals surface area contributed by atoms with Gasteiger partial charge in [-0.1, -0.05) is 19.1 Å². The maximum Gasteiger partial charge on any atom is 0.240 e. The molecule has 0 aliphatic heterocycles. The molecule has 0 amide bonds. The molecule has 0 unspecified atom stereocenters. The van der Waals surface area contributed by atoms with Crippen molar-refractivity contribution < 1.29 is 17.6 Å². The second kappa shape index (κ2) is 7.07. The van der Waals surface area contributed by atoms with E-state index < -0.39 is 10.0 Å². The number of hydrogen-bond acceptors (Lipinski definition) is 4. The average molecular weight is 345 g/mol. The molecule has 0 bridgehead atoms. The van der Waals surface area contributed by atoms with Crippen LogP contribution in [0.1, 0.15) is 19.1 Å². The number of benzene rings is 2. The van der Waals surface area contributed by atoms with E-state index in [0.717, 1.165) is 22.9 Å². The molecule has 2 aromatic carbocycles. The SMILES string of the molecule is CCCOc1ccc2cc(S(=O)(=O)NCc3ccco3)ccc2c1. The minimum Gasteiger partial charge on any atom is -0.494 e. The molecule has 3 aromatic rings. The van der Waals surface area contributed by atoms with Crippen LogP contribution in [0.5, 0.6) is 5.75 Å². The third-order valence-corrected chi connectivity index (χ3v) is 4.98. The second-order valence-corrected chi connectivity index (χ2v) is 7.19. The van der Waals surface area contributed by atoms with Crippen molar-refractivity contribution in [3.05, 3.63) is 60.6 Å². The molecule has 0 radical (unpaired) electrons. The first-order chi connectivity index (χ1) is 11.6. The van der Waals surface area contributed by atoms with E-state index in [2.05, 4.69) is 4.72 Å². The molecule has 24 heavy (non-hydrogen) atoms. The summed E-state index contributed by atoms with van der Waals surface area (Å²) in [5, 5.41) is 1.79. The normalized spacial score (nSPS) is 11.7. The van der Waals surface area contributed by atoms with Crippen molar-refractivity contribution in [3.8, 4) is 5.75 Å². The standard InChI is InChI=1S/C18H19NO4S/c1-2-9-22-16-7-5-15-12-18(8-6-14(15)11-16)24(20,21)19-13-17-4-3-10-23-17/h3-8,10-12,19H,2,9,13H2,1H3. The third-order valence-electron chi connectivity index (χ3n) is 3.58. The molecule has 126 valence electrons. The largest absolute Gasteiger partial charge is 0.494 e.